The van der Waals surface area contributed by atoms with E-state index >= 15 is 0 Å². The van der Waals surface area contributed by atoms with Gasteiger partial charge in [0, 0.05) is 24.4 Å². The first-order valence-corrected chi connectivity index (χ1v) is 9.87. The highest BCUT2D eigenvalue weighted by atomic mass is 32.1. The summed E-state index contributed by atoms with van der Waals surface area (Å²) in [7, 11) is 0. The van der Waals surface area contributed by atoms with Crippen LogP contribution in [0.3, 0.4) is 0 Å². The summed E-state index contributed by atoms with van der Waals surface area (Å²) in [5, 5.41) is 13.1. The molecule has 1 aromatic heterocycles. The number of carbonyl (C=O) groups excluding carboxylic acids is 2. The molecule has 3 aromatic rings. The lowest BCUT2D eigenvalue weighted by molar-refractivity contribution is -0.384. The lowest BCUT2D eigenvalue weighted by Crippen LogP contribution is -2.23. The molecule has 154 valence electrons. The van der Waals surface area contributed by atoms with Gasteiger partial charge >= 0.3 is 0 Å². The first-order chi connectivity index (χ1) is 14.3. The molecule has 0 saturated carbocycles. The van der Waals surface area contributed by atoms with Gasteiger partial charge in [0.2, 0.25) is 5.91 Å². The molecule has 0 radical (unpaired) electrons. The number of nitro groups is 1. The third kappa shape index (κ3) is 4.52. The van der Waals surface area contributed by atoms with Crippen molar-refractivity contribution in [1.82, 2.24) is 4.98 Å². The molecule has 0 spiro atoms. The van der Waals surface area contributed by atoms with Crippen molar-refractivity contribution in [3.8, 4) is 5.75 Å². The molecule has 8 nitrogen and oxygen atoms in total. The van der Waals surface area contributed by atoms with Crippen LogP contribution in [0.1, 0.15) is 34.1 Å². The summed E-state index contributed by atoms with van der Waals surface area (Å²) in [4.78, 5) is 39.9. The monoisotopic (exact) mass is 425 g/mol. The van der Waals surface area contributed by atoms with Crippen LogP contribution >= 0.6 is 11.3 Å². The number of amides is 1. The van der Waals surface area contributed by atoms with Gasteiger partial charge in [-0.1, -0.05) is 17.7 Å². The van der Waals surface area contributed by atoms with E-state index in [0.29, 0.717) is 17.1 Å². The van der Waals surface area contributed by atoms with Crippen molar-refractivity contribution in [2.75, 3.05) is 4.90 Å². The molecule has 0 N–H and O–H groups in total. The fraction of sp³-hybridized carbons (Fsp3) is 0.190. The summed E-state index contributed by atoms with van der Waals surface area (Å²) in [5.74, 6) is 0.0605. The minimum Gasteiger partial charge on any atom is -0.487 e. The Morgan fingerprint density at radius 1 is 1.27 bits per heavy atom. The van der Waals surface area contributed by atoms with Crippen LogP contribution in [0, 0.1) is 24.0 Å². The molecule has 2 aromatic carbocycles. The van der Waals surface area contributed by atoms with Crippen molar-refractivity contribution in [3.63, 3.8) is 0 Å². The van der Waals surface area contributed by atoms with Crippen LogP contribution in [-0.4, -0.2) is 22.1 Å². The molecule has 0 aliphatic rings. The standard InChI is InChI=1S/C21H19N3O5S/c1-13-4-6-19(14(2)8-13)23(15(3)26)21-22-17(12-30-21)11-29-20-7-5-18(24(27)28)9-16(20)10-25/h4-10,12H,11H2,1-3H3. The SMILES string of the molecule is CC(=O)N(c1nc(COc2ccc([N+](=O)[O-])cc2C=O)cs1)c1ccc(C)cc1C. The average Bonchev–Trinajstić information content (AvgIpc) is 3.16. The second-order valence-electron chi connectivity index (χ2n) is 6.65. The average molecular weight is 425 g/mol. The van der Waals surface area contributed by atoms with Crippen LogP contribution in [0.4, 0.5) is 16.5 Å². The van der Waals surface area contributed by atoms with Crippen molar-refractivity contribution in [2.45, 2.75) is 27.4 Å². The third-order valence-electron chi connectivity index (χ3n) is 4.35. The first kappa shape index (κ1) is 21.1. The molecule has 0 aliphatic heterocycles. The van der Waals surface area contributed by atoms with Gasteiger partial charge in [-0.25, -0.2) is 4.98 Å². The maximum atomic E-state index is 12.3. The van der Waals surface area contributed by atoms with Gasteiger partial charge in [-0.2, -0.15) is 0 Å². The summed E-state index contributed by atoms with van der Waals surface area (Å²) < 4.78 is 5.63. The third-order valence-corrected chi connectivity index (χ3v) is 5.22. The lowest BCUT2D eigenvalue weighted by Gasteiger charge is -2.20. The molecule has 3 rings (SSSR count). The Morgan fingerprint density at radius 3 is 2.67 bits per heavy atom. The summed E-state index contributed by atoms with van der Waals surface area (Å²) in [5.41, 5.74) is 3.28. The topological polar surface area (TPSA) is 103 Å². The molecule has 0 atom stereocenters. The van der Waals surface area contributed by atoms with E-state index in [1.165, 1.54) is 30.4 Å². The van der Waals surface area contributed by atoms with Gasteiger partial charge in [0.25, 0.3) is 5.69 Å². The number of hydrogen-bond acceptors (Lipinski definition) is 7. The number of non-ortho nitro benzene ring substituents is 1. The summed E-state index contributed by atoms with van der Waals surface area (Å²) in [6.45, 7) is 5.45. The predicted octanol–water partition coefficient (Wildman–Crippen LogP) is 4.74. The highest BCUT2D eigenvalue weighted by Gasteiger charge is 2.20. The molecule has 9 heteroatoms. The van der Waals surface area contributed by atoms with Gasteiger partial charge in [-0.15, -0.1) is 11.3 Å². The van der Waals surface area contributed by atoms with Gasteiger partial charge in [0.1, 0.15) is 12.4 Å². The summed E-state index contributed by atoms with van der Waals surface area (Å²) >= 11 is 1.30. The largest absolute Gasteiger partial charge is 0.487 e. The van der Waals surface area contributed by atoms with Crippen molar-refractivity contribution in [1.29, 1.82) is 0 Å². The van der Waals surface area contributed by atoms with Crippen LogP contribution in [-0.2, 0) is 11.4 Å². The Bertz CT molecular complexity index is 1130. The molecule has 1 heterocycles. The van der Waals surface area contributed by atoms with E-state index in [-0.39, 0.29) is 29.5 Å². The van der Waals surface area contributed by atoms with E-state index in [1.807, 2.05) is 32.0 Å². The Morgan fingerprint density at radius 2 is 2.03 bits per heavy atom. The summed E-state index contributed by atoms with van der Waals surface area (Å²) in [6.07, 6.45) is 0.506. The Hall–Kier alpha value is -3.59. The molecule has 0 bridgehead atoms. The molecular weight excluding hydrogens is 406 g/mol. The maximum Gasteiger partial charge on any atom is 0.270 e. The minimum absolute atomic E-state index is 0.0494. The second kappa shape index (κ2) is 8.83. The van der Waals surface area contributed by atoms with Gasteiger partial charge in [-0.3, -0.25) is 24.6 Å². The molecule has 0 aliphatic carbocycles. The van der Waals surface area contributed by atoms with Gasteiger partial charge < -0.3 is 4.74 Å². The highest BCUT2D eigenvalue weighted by molar-refractivity contribution is 7.14. The number of rotatable bonds is 7. The number of nitro benzene ring substituents is 1. The molecule has 1 amide bonds. The van der Waals surface area contributed by atoms with Crippen molar-refractivity contribution in [3.05, 3.63) is 74.3 Å². The van der Waals surface area contributed by atoms with E-state index in [2.05, 4.69) is 4.98 Å². The maximum absolute atomic E-state index is 12.3. The number of nitrogens with zero attached hydrogens (tertiary/aromatic N) is 3. The van der Waals surface area contributed by atoms with E-state index in [1.54, 1.807) is 10.3 Å². The van der Waals surface area contributed by atoms with E-state index in [0.717, 1.165) is 22.9 Å². The van der Waals surface area contributed by atoms with Gasteiger partial charge in [0.15, 0.2) is 11.4 Å². The fourth-order valence-electron chi connectivity index (χ4n) is 2.95. The molecule has 0 fully saturated rings. The van der Waals surface area contributed by atoms with Crippen LogP contribution in [0.5, 0.6) is 5.75 Å². The zero-order chi connectivity index (χ0) is 21.8. The number of hydrogen-bond donors (Lipinski definition) is 0. The zero-order valence-corrected chi connectivity index (χ0v) is 17.4. The van der Waals surface area contributed by atoms with E-state index in [9.17, 15) is 19.7 Å². The molecule has 0 unspecified atom stereocenters. The predicted molar refractivity (Wildman–Crippen MR) is 114 cm³/mol. The number of thiazole rings is 1. The van der Waals surface area contributed by atoms with E-state index in [4.69, 9.17) is 4.74 Å². The Labute approximate surface area is 176 Å². The summed E-state index contributed by atoms with van der Waals surface area (Å²) in [6, 6.07) is 9.63. The second-order valence-corrected chi connectivity index (χ2v) is 7.49. The first-order valence-electron chi connectivity index (χ1n) is 8.99. The van der Waals surface area contributed by atoms with Crippen molar-refractivity contribution in [2.24, 2.45) is 0 Å². The Balaban J connectivity index is 1.81. The molecule has 0 saturated heterocycles. The van der Waals surface area contributed by atoms with Crippen molar-refractivity contribution >= 4 is 40.0 Å². The van der Waals surface area contributed by atoms with Gasteiger partial charge in [-0.05, 0) is 31.5 Å². The number of ether oxygens (including phenoxy) is 1. The quantitative estimate of drug-likeness (QED) is 0.308. The number of aromatic nitrogens is 1. The molecular formula is C21H19N3O5S. The van der Waals surface area contributed by atoms with Crippen molar-refractivity contribution < 1.29 is 19.2 Å². The number of aldehydes is 1. The number of carbonyl (C=O) groups is 2. The number of benzene rings is 2. The molecule has 30 heavy (non-hydrogen) atoms. The smallest absolute Gasteiger partial charge is 0.270 e. The minimum atomic E-state index is -0.576. The zero-order valence-electron chi connectivity index (χ0n) is 16.6. The lowest BCUT2D eigenvalue weighted by atomic mass is 10.1. The van der Waals surface area contributed by atoms with Crippen LogP contribution in [0.15, 0.2) is 41.8 Å². The van der Waals surface area contributed by atoms with Gasteiger partial charge in [0.05, 0.1) is 21.9 Å². The van der Waals surface area contributed by atoms with Crippen LogP contribution in [0.2, 0.25) is 0 Å². The van der Waals surface area contributed by atoms with Crippen LogP contribution < -0.4 is 9.64 Å². The highest BCUT2D eigenvalue weighted by Crippen LogP contribution is 2.32. The number of anilines is 2. The Kier molecular flexibility index (Phi) is 6.22. The van der Waals surface area contributed by atoms with Crippen LogP contribution in [0.25, 0.3) is 0 Å². The normalized spacial score (nSPS) is 10.5. The number of aryl methyl sites for hydroxylation is 2. The van der Waals surface area contributed by atoms with E-state index < -0.39 is 4.92 Å². The fourth-order valence-corrected chi connectivity index (χ4v) is 3.82.